The van der Waals surface area contributed by atoms with Crippen LogP contribution in [0.1, 0.15) is 23.7 Å². The lowest BCUT2D eigenvalue weighted by Gasteiger charge is -2.10. The van der Waals surface area contributed by atoms with Crippen molar-refractivity contribution < 1.29 is 14.3 Å². The van der Waals surface area contributed by atoms with Crippen LogP contribution in [0.5, 0.6) is 0 Å². The average molecular weight is 272 g/mol. The van der Waals surface area contributed by atoms with Gasteiger partial charge in [0.15, 0.2) is 0 Å². The largest absolute Gasteiger partial charge is 0.481 e. The standard InChI is InChI=1S/C15H16N2O3/c1-9-8-20-14(17-9)11-4-2-10(3-5-11)13-6-12(7-16-13)15(18)19/h2-5,8,12-13,16H,6-7H2,1H3,(H,18,19). The number of oxazole rings is 1. The number of aliphatic carboxylic acids is 1. The van der Waals surface area contributed by atoms with Gasteiger partial charge in [0.05, 0.1) is 11.6 Å². The smallest absolute Gasteiger partial charge is 0.307 e. The highest BCUT2D eigenvalue weighted by Gasteiger charge is 2.29. The first-order chi connectivity index (χ1) is 9.63. The Hall–Kier alpha value is -2.14. The fourth-order valence-corrected chi connectivity index (χ4v) is 2.52. The van der Waals surface area contributed by atoms with Crippen LogP contribution in [0.15, 0.2) is 34.9 Å². The summed E-state index contributed by atoms with van der Waals surface area (Å²) in [6, 6.07) is 8.01. The molecule has 2 unspecified atom stereocenters. The van der Waals surface area contributed by atoms with Crippen molar-refractivity contribution in [2.24, 2.45) is 5.92 Å². The van der Waals surface area contributed by atoms with Crippen LogP contribution in [0.25, 0.3) is 11.5 Å². The lowest BCUT2D eigenvalue weighted by atomic mass is 9.99. The molecule has 0 saturated carbocycles. The lowest BCUT2D eigenvalue weighted by Crippen LogP contribution is -2.17. The molecular weight excluding hydrogens is 256 g/mol. The summed E-state index contributed by atoms with van der Waals surface area (Å²) in [4.78, 5) is 15.2. The molecule has 1 aromatic carbocycles. The van der Waals surface area contributed by atoms with Crippen LogP contribution < -0.4 is 5.32 Å². The van der Waals surface area contributed by atoms with Gasteiger partial charge in [-0.25, -0.2) is 4.98 Å². The van der Waals surface area contributed by atoms with E-state index < -0.39 is 5.97 Å². The van der Waals surface area contributed by atoms with Crippen LogP contribution >= 0.6 is 0 Å². The Kier molecular flexibility index (Phi) is 3.28. The molecule has 20 heavy (non-hydrogen) atoms. The van der Waals surface area contributed by atoms with Gasteiger partial charge in [0.1, 0.15) is 6.26 Å². The number of rotatable bonds is 3. The third-order valence-electron chi connectivity index (χ3n) is 3.66. The number of carboxylic acids is 1. The molecule has 2 heterocycles. The van der Waals surface area contributed by atoms with Crippen molar-refractivity contribution in [1.82, 2.24) is 10.3 Å². The Morgan fingerprint density at radius 2 is 2.15 bits per heavy atom. The zero-order valence-electron chi connectivity index (χ0n) is 11.2. The van der Waals surface area contributed by atoms with Crippen molar-refractivity contribution in [1.29, 1.82) is 0 Å². The van der Waals surface area contributed by atoms with Gasteiger partial charge in [-0.1, -0.05) is 12.1 Å². The summed E-state index contributed by atoms with van der Waals surface area (Å²) in [5.41, 5.74) is 2.88. The molecule has 0 radical (unpaired) electrons. The van der Waals surface area contributed by atoms with E-state index in [0.717, 1.165) is 16.8 Å². The monoisotopic (exact) mass is 272 g/mol. The summed E-state index contributed by atoms with van der Waals surface area (Å²) in [5.74, 6) is -0.419. The number of aryl methyl sites for hydroxylation is 1. The molecule has 2 atom stereocenters. The van der Waals surface area contributed by atoms with Crippen LogP contribution in [0.4, 0.5) is 0 Å². The SMILES string of the molecule is Cc1coc(-c2ccc(C3CC(C(=O)O)CN3)cc2)n1. The molecule has 1 aromatic heterocycles. The highest BCUT2D eigenvalue weighted by Crippen LogP contribution is 2.29. The third-order valence-corrected chi connectivity index (χ3v) is 3.66. The van der Waals surface area contributed by atoms with Gasteiger partial charge in [-0.3, -0.25) is 4.79 Å². The molecular formula is C15H16N2O3. The van der Waals surface area contributed by atoms with Crippen LogP contribution in [0.3, 0.4) is 0 Å². The van der Waals surface area contributed by atoms with Crippen LogP contribution in [0, 0.1) is 12.8 Å². The average Bonchev–Trinajstić information content (AvgIpc) is 3.08. The van der Waals surface area contributed by atoms with E-state index in [0.29, 0.717) is 18.9 Å². The molecule has 1 aliphatic heterocycles. The van der Waals surface area contributed by atoms with E-state index in [-0.39, 0.29) is 12.0 Å². The molecule has 5 heteroatoms. The predicted molar refractivity (Wildman–Crippen MR) is 73.2 cm³/mol. The quantitative estimate of drug-likeness (QED) is 0.897. The molecule has 0 bridgehead atoms. The maximum absolute atomic E-state index is 11.0. The number of aromatic nitrogens is 1. The number of nitrogens with zero attached hydrogens (tertiary/aromatic N) is 1. The van der Waals surface area contributed by atoms with Gasteiger partial charge in [-0.15, -0.1) is 0 Å². The molecule has 104 valence electrons. The van der Waals surface area contributed by atoms with Gasteiger partial charge in [-0.05, 0) is 31.0 Å². The number of carbonyl (C=O) groups is 1. The van der Waals surface area contributed by atoms with E-state index in [4.69, 9.17) is 9.52 Å². The Labute approximate surface area is 116 Å². The van der Waals surface area contributed by atoms with Crippen LogP contribution in [0.2, 0.25) is 0 Å². The maximum atomic E-state index is 11.0. The summed E-state index contributed by atoms with van der Waals surface area (Å²) in [6.07, 6.45) is 2.26. The van der Waals surface area contributed by atoms with Crippen molar-refractivity contribution in [3.05, 3.63) is 41.8 Å². The zero-order chi connectivity index (χ0) is 14.1. The Bertz CT molecular complexity index is 618. The molecule has 1 saturated heterocycles. The van der Waals surface area contributed by atoms with Crippen molar-refractivity contribution in [3.8, 4) is 11.5 Å². The zero-order valence-corrected chi connectivity index (χ0v) is 11.2. The molecule has 5 nitrogen and oxygen atoms in total. The summed E-state index contributed by atoms with van der Waals surface area (Å²) >= 11 is 0. The lowest BCUT2D eigenvalue weighted by molar-refractivity contribution is -0.141. The van der Waals surface area contributed by atoms with E-state index in [2.05, 4.69) is 10.3 Å². The second kappa shape index (κ2) is 5.09. The van der Waals surface area contributed by atoms with Crippen molar-refractivity contribution in [3.63, 3.8) is 0 Å². The normalized spacial score (nSPS) is 22.1. The van der Waals surface area contributed by atoms with E-state index >= 15 is 0 Å². The van der Waals surface area contributed by atoms with Gasteiger partial charge >= 0.3 is 5.97 Å². The van der Waals surface area contributed by atoms with Crippen LogP contribution in [-0.4, -0.2) is 22.6 Å². The molecule has 1 fully saturated rings. The minimum Gasteiger partial charge on any atom is -0.481 e. The van der Waals surface area contributed by atoms with Crippen LogP contribution in [-0.2, 0) is 4.79 Å². The van der Waals surface area contributed by atoms with Gasteiger partial charge in [0.2, 0.25) is 5.89 Å². The first kappa shape index (κ1) is 12.9. The second-order valence-corrected chi connectivity index (χ2v) is 5.15. The minimum atomic E-state index is -0.730. The second-order valence-electron chi connectivity index (χ2n) is 5.15. The highest BCUT2D eigenvalue weighted by molar-refractivity contribution is 5.70. The van der Waals surface area contributed by atoms with E-state index in [1.165, 1.54) is 0 Å². The number of hydrogen-bond acceptors (Lipinski definition) is 4. The molecule has 1 aliphatic rings. The highest BCUT2D eigenvalue weighted by atomic mass is 16.4. The third kappa shape index (κ3) is 2.44. The van der Waals surface area contributed by atoms with Crippen molar-refractivity contribution in [2.75, 3.05) is 6.54 Å². The van der Waals surface area contributed by atoms with Gasteiger partial charge in [0, 0.05) is 18.2 Å². The van der Waals surface area contributed by atoms with Gasteiger partial charge in [0.25, 0.3) is 0 Å². The molecule has 0 aliphatic carbocycles. The molecule has 3 rings (SSSR count). The molecule has 0 spiro atoms. The number of nitrogens with one attached hydrogen (secondary N) is 1. The van der Waals surface area contributed by atoms with Crippen molar-refractivity contribution >= 4 is 5.97 Å². The Balaban J connectivity index is 1.75. The topological polar surface area (TPSA) is 75.4 Å². The number of hydrogen-bond donors (Lipinski definition) is 2. The van der Waals surface area contributed by atoms with Gasteiger partial charge < -0.3 is 14.8 Å². The van der Waals surface area contributed by atoms with E-state index in [9.17, 15) is 4.79 Å². The van der Waals surface area contributed by atoms with E-state index in [1.54, 1.807) is 6.26 Å². The number of carboxylic acid groups (broad SMARTS) is 1. The fraction of sp³-hybridized carbons (Fsp3) is 0.333. The fourth-order valence-electron chi connectivity index (χ4n) is 2.52. The predicted octanol–water partition coefficient (Wildman–Crippen LogP) is 2.39. The first-order valence-electron chi connectivity index (χ1n) is 6.62. The molecule has 2 N–H and O–H groups in total. The van der Waals surface area contributed by atoms with Crippen molar-refractivity contribution in [2.45, 2.75) is 19.4 Å². The Morgan fingerprint density at radius 3 is 2.70 bits per heavy atom. The summed E-state index contributed by atoms with van der Waals surface area (Å²) in [6.45, 7) is 2.41. The summed E-state index contributed by atoms with van der Waals surface area (Å²) < 4.78 is 5.36. The Morgan fingerprint density at radius 1 is 1.40 bits per heavy atom. The summed E-state index contributed by atoms with van der Waals surface area (Å²) in [5, 5.41) is 12.3. The summed E-state index contributed by atoms with van der Waals surface area (Å²) in [7, 11) is 0. The minimum absolute atomic E-state index is 0.108. The number of benzene rings is 1. The van der Waals surface area contributed by atoms with Gasteiger partial charge in [-0.2, -0.15) is 0 Å². The molecule has 2 aromatic rings. The maximum Gasteiger partial charge on any atom is 0.307 e. The van der Waals surface area contributed by atoms with E-state index in [1.807, 2.05) is 31.2 Å². The molecule has 0 amide bonds. The first-order valence-corrected chi connectivity index (χ1v) is 6.62.